The van der Waals surface area contributed by atoms with Crippen LogP contribution in [0.25, 0.3) is 0 Å². The smallest absolute Gasteiger partial charge is 0.314 e. The van der Waals surface area contributed by atoms with Crippen molar-refractivity contribution < 1.29 is 14.8 Å². The number of rotatable bonds is 1. The van der Waals surface area contributed by atoms with E-state index in [1.165, 1.54) is 7.11 Å². The van der Waals surface area contributed by atoms with Crippen molar-refractivity contribution in [3.63, 3.8) is 0 Å². The number of methoxy groups -OCH3 is 1. The molecule has 52 valence electrons. The molecule has 0 aromatic rings. The maximum Gasteiger partial charge on any atom is 0.314 e. The van der Waals surface area contributed by atoms with Gasteiger partial charge in [0.05, 0.1) is 20.2 Å². The van der Waals surface area contributed by atoms with Crippen LogP contribution in [-0.4, -0.2) is 26.2 Å². The molecule has 1 aliphatic heterocycles. The van der Waals surface area contributed by atoms with Gasteiger partial charge in [-0.3, -0.25) is 4.79 Å². The number of esters is 1. The molecule has 0 aromatic carbocycles. The molecule has 1 aliphatic rings. The Kier molecular flexibility index (Phi) is 2.05. The van der Waals surface area contributed by atoms with Gasteiger partial charge in [0.25, 0.3) is 0 Å². The van der Waals surface area contributed by atoms with Crippen LogP contribution >= 0.6 is 0 Å². The van der Waals surface area contributed by atoms with E-state index in [0.717, 1.165) is 19.5 Å². The van der Waals surface area contributed by atoms with Crippen molar-refractivity contribution in [3.05, 3.63) is 0 Å². The van der Waals surface area contributed by atoms with Gasteiger partial charge in [-0.2, -0.15) is 0 Å². The minimum Gasteiger partial charge on any atom is -0.469 e. The molecule has 0 spiro atoms. The summed E-state index contributed by atoms with van der Waals surface area (Å²) in [5, 5.41) is 2.14. The van der Waals surface area contributed by atoms with Gasteiger partial charge >= 0.3 is 5.97 Å². The molecule has 1 heterocycles. The topological polar surface area (TPSA) is 42.9 Å². The highest BCUT2D eigenvalue weighted by atomic mass is 16.5. The molecule has 9 heavy (non-hydrogen) atoms. The molecule has 3 heteroatoms. The summed E-state index contributed by atoms with van der Waals surface area (Å²) in [4.78, 5) is 10.8. The Balaban J connectivity index is 2.32. The van der Waals surface area contributed by atoms with Crippen LogP contribution in [0.2, 0.25) is 0 Å². The van der Waals surface area contributed by atoms with Gasteiger partial charge in [-0.15, -0.1) is 0 Å². The summed E-state index contributed by atoms with van der Waals surface area (Å²) in [6, 6.07) is 0. The highest BCUT2D eigenvalue weighted by Crippen LogP contribution is 2.03. The minimum absolute atomic E-state index is 0.0521. The van der Waals surface area contributed by atoms with Gasteiger partial charge in [0.1, 0.15) is 5.92 Å². The Hall–Kier alpha value is -0.570. The first kappa shape index (κ1) is 6.55. The van der Waals surface area contributed by atoms with Crippen molar-refractivity contribution in [2.24, 2.45) is 5.92 Å². The lowest BCUT2D eigenvalue weighted by Crippen LogP contribution is -2.81. The molecular formula is C6H12NO2+. The molecule has 1 saturated heterocycles. The highest BCUT2D eigenvalue weighted by Gasteiger charge is 2.25. The van der Waals surface area contributed by atoms with Crippen LogP contribution < -0.4 is 5.32 Å². The third-order valence-corrected chi connectivity index (χ3v) is 1.70. The highest BCUT2D eigenvalue weighted by molar-refractivity contribution is 5.72. The zero-order chi connectivity index (χ0) is 6.69. The second kappa shape index (κ2) is 2.82. The van der Waals surface area contributed by atoms with Gasteiger partial charge in [-0.05, 0) is 0 Å². The van der Waals surface area contributed by atoms with E-state index in [2.05, 4.69) is 10.1 Å². The Morgan fingerprint density at radius 1 is 1.78 bits per heavy atom. The molecule has 3 nitrogen and oxygen atoms in total. The standard InChI is InChI=1S/C6H11NO2/c1-9-6(8)5-2-3-7-4-5/h5,7H,2-4H2,1H3/p+1/t5-/m1/s1. The number of ether oxygens (including phenoxy) is 1. The first-order valence-corrected chi connectivity index (χ1v) is 3.24. The number of nitrogens with two attached hydrogens (primary N) is 1. The van der Waals surface area contributed by atoms with Gasteiger partial charge in [0.15, 0.2) is 0 Å². The quantitative estimate of drug-likeness (QED) is 0.450. The predicted octanol–water partition coefficient (Wildman–Crippen LogP) is -1.26. The van der Waals surface area contributed by atoms with Crippen LogP contribution in [0.3, 0.4) is 0 Å². The first-order valence-electron chi connectivity index (χ1n) is 3.24. The summed E-state index contributed by atoms with van der Waals surface area (Å²) in [5.41, 5.74) is 0. The first-order chi connectivity index (χ1) is 4.34. The molecular weight excluding hydrogens is 118 g/mol. The number of hydrogen-bond acceptors (Lipinski definition) is 2. The van der Waals surface area contributed by atoms with Crippen molar-refractivity contribution in [1.82, 2.24) is 0 Å². The maximum absolute atomic E-state index is 10.8. The minimum atomic E-state index is -0.0521. The van der Waals surface area contributed by atoms with E-state index in [0.29, 0.717) is 0 Å². The van der Waals surface area contributed by atoms with Crippen LogP contribution in [0.4, 0.5) is 0 Å². The predicted molar refractivity (Wildman–Crippen MR) is 31.8 cm³/mol. The average Bonchev–Trinajstić information content (AvgIpc) is 2.37. The lowest BCUT2D eigenvalue weighted by Gasteiger charge is -2.00. The molecule has 1 atom stereocenters. The molecule has 2 N–H and O–H groups in total. The van der Waals surface area contributed by atoms with Crippen molar-refractivity contribution in [2.45, 2.75) is 6.42 Å². The third-order valence-electron chi connectivity index (χ3n) is 1.70. The number of carbonyl (C=O) groups excluding carboxylic acids is 1. The zero-order valence-electron chi connectivity index (χ0n) is 5.59. The maximum atomic E-state index is 10.8. The van der Waals surface area contributed by atoms with E-state index in [1.807, 2.05) is 0 Å². The van der Waals surface area contributed by atoms with Crippen LogP contribution in [0.15, 0.2) is 0 Å². The molecule has 0 radical (unpaired) electrons. The van der Waals surface area contributed by atoms with Crippen LogP contribution in [-0.2, 0) is 9.53 Å². The van der Waals surface area contributed by atoms with Gasteiger partial charge in [0.2, 0.25) is 0 Å². The number of carbonyl (C=O) groups is 1. The fourth-order valence-electron chi connectivity index (χ4n) is 1.14. The summed E-state index contributed by atoms with van der Waals surface area (Å²) in [6.07, 6.45) is 0.979. The monoisotopic (exact) mass is 130 g/mol. The van der Waals surface area contributed by atoms with Crippen LogP contribution in [0, 0.1) is 5.92 Å². The molecule has 1 fully saturated rings. The lowest BCUT2D eigenvalue weighted by atomic mass is 10.1. The number of hydrogen-bond donors (Lipinski definition) is 1. The Bertz CT molecular complexity index is 108. The van der Waals surface area contributed by atoms with E-state index >= 15 is 0 Å². The molecule has 1 rings (SSSR count). The second-order valence-corrected chi connectivity index (χ2v) is 2.32. The van der Waals surface area contributed by atoms with Crippen LogP contribution in [0.5, 0.6) is 0 Å². The Morgan fingerprint density at radius 3 is 3.00 bits per heavy atom. The fraction of sp³-hybridized carbons (Fsp3) is 0.833. The number of quaternary nitrogens is 1. The van der Waals surface area contributed by atoms with Crippen molar-refractivity contribution in [3.8, 4) is 0 Å². The van der Waals surface area contributed by atoms with Gasteiger partial charge in [-0.1, -0.05) is 0 Å². The van der Waals surface area contributed by atoms with Crippen molar-refractivity contribution >= 4 is 5.97 Å². The molecule has 0 bridgehead atoms. The summed E-state index contributed by atoms with van der Waals surface area (Å²) in [7, 11) is 1.45. The average molecular weight is 130 g/mol. The van der Waals surface area contributed by atoms with Crippen LogP contribution in [0.1, 0.15) is 6.42 Å². The molecule has 0 unspecified atom stereocenters. The van der Waals surface area contributed by atoms with E-state index in [1.54, 1.807) is 0 Å². The zero-order valence-corrected chi connectivity index (χ0v) is 5.59. The molecule has 0 amide bonds. The van der Waals surface area contributed by atoms with Gasteiger partial charge in [-0.25, -0.2) is 0 Å². The SMILES string of the molecule is COC(=O)[C@@H]1CC[NH2+]C1. The third kappa shape index (κ3) is 1.42. The summed E-state index contributed by atoms with van der Waals surface area (Å²) in [6.45, 7) is 1.98. The Labute approximate surface area is 54.4 Å². The van der Waals surface area contributed by atoms with Crippen molar-refractivity contribution in [1.29, 1.82) is 0 Å². The van der Waals surface area contributed by atoms with E-state index in [4.69, 9.17) is 0 Å². The largest absolute Gasteiger partial charge is 0.469 e. The fourth-order valence-corrected chi connectivity index (χ4v) is 1.14. The summed E-state index contributed by atoms with van der Waals surface area (Å²) < 4.78 is 4.58. The lowest BCUT2D eigenvalue weighted by molar-refractivity contribution is -0.637. The van der Waals surface area contributed by atoms with Gasteiger partial charge < -0.3 is 10.1 Å². The molecule has 0 aliphatic carbocycles. The molecule has 0 saturated carbocycles. The summed E-state index contributed by atoms with van der Waals surface area (Å²) >= 11 is 0. The van der Waals surface area contributed by atoms with E-state index < -0.39 is 0 Å². The molecule has 0 aromatic heterocycles. The Morgan fingerprint density at radius 2 is 2.56 bits per heavy atom. The van der Waals surface area contributed by atoms with E-state index in [-0.39, 0.29) is 11.9 Å². The summed E-state index contributed by atoms with van der Waals surface area (Å²) in [5.74, 6) is 0.110. The normalized spacial score (nSPS) is 26.1. The van der Waals surface area contributed by atoms with Crippen molar-refractivity contribution in [2.75, 3.05) is 20.2 Å². The van der Waals surface area contributed by atoms with E-state index in [9.17, 15) is 4.79 Å². The van der Waals surface area contributed by atoms with Gasteiger partial charge in [0, 0.05) is 6.42 Å². The second-order valence-electron chi connectivity index (χ2n) is 2.32.